The highest BCUT2D eigenvalue weighted by Gasteiger charge is 2.20. The molecule has 0 fully saturated rings. The number of allylic oxidation sites excluding steroid dienone is 3. The molecule has 8 nitrogen and oxygen atoms in total. The number of fused-ring (bicyclic) bond motifs is 1. The quantitative estimate of drug-likeness (QED) is 0.461. The molecule has 0 spiro atoms. The molecule has 1 aromatic carbocycles. The number of aromatic hydroxyl groups is 3. The average molecular weight is 330 g/mol. The zero-order chi connectivity index (χ0) is 17.4. The number of hydrogen-bond donors (Lipinski definition) is 6. The van der Waals surface area contributed by atoms with Crippen molar-refractivity contribution in [2.75, 3.05) is 0 Å². The number of carbonyl (C=O) groups is 1. The molecule has 24 heavy (non-hydrogen) atoms. The van der Waals surface area contributed by atoms with Crippen LogP contribution in [0.3, 0.4) is 0 Å². The van der Waals surface area contributed by atoms with E-state index in [1.807, 2.05) is 0 Å². The number of benzene rings is 1. The highest BCUT2D eigenvalue weighted by molar-refractivity contribution is 6.00. The summed E-state index contributed by atoms with van der Waals surface area (Å²) in [6.07, 6.45) is 5.27. The second-order valence-electron chi connectivity index (χ2n) is 5.33. The maximum atomic E-state index is 12.4. The van der Waals surface area contributed by atoms with Crippen molar-refractivity contribution in [2.24, 2.45) is 0 Å². The summed E-state index contributed by atoms with van der Waals surface area (Å²) in [5.74, 6) is -2.86. The lowest BCUT2D eigenvalue weighted by atomic mass is 10.1. The molecule has 124 valence electrons. The van der Waals surface area contributed by atoms with E-state index in [4.69, 9.17) is 0 Å². The largest absolute Gasteiger partial charge is 0.512 e. The summed E-state index contributed by atoms with van der Waals surface area (Å²) in [6.45, 7) is 0. The lowest BCUT2D eigenvalue weighted by Crippen LogP contribution is -2.28. The Bertz CT molecular complexity index is 971. The minimum atomic E-state index is -0.839. The van der Waals surface area contributed by atoms with E-state index in [9.17, 15) is 30.0 Å². The molecule has 0 bridgehead atoms. The van der Waals surface area contributed by atoms with Crippen LogP contribution in [-0.2, 0) is 0 Å². The molecular formula is C16H14N2O6. The summed E-state index contributed by atoms with van der Waals surface area (Å²) >= 11 is 0. The third kappa shape index (κ3) is 2.54. The molecule has 1 aliphatic rings. The molecule has 3 rings (SSSR count). The first kappa shape index (κ1) is 15.5. The Morgan fingerprint density at radius 1 is 1.17 bits per heavy atom. The number of rotatable bonds is 2. The molecular weight excluding hydrogens is 316 g/mol. The Morgan fingerprint density at radius 3 is 2.62 bits per heavy atom. The average Bonchev–Trinajstić information content (AvgIpc) is 2.52. The first-order chi connectivity index (χ1) is 11.4. The van der Waals surface area contributed by atoms with Crippen molar-refractivity contribution in [3.63, 3.8) is 0 Å². The minimum Gasteiger partial charge on any atom is -0.512 e. The van der Waals surface area contributed by atoms with Crippen LogP contribution >= 0.6 is 0 Å². The van der Waals surface area contributed by atoms with Gasteiger partial charge < -0.3 is 30.7 Å². The number of aliphatic hydroxyl groups excluding tert-OH is 1. The van der Waals surface area contributed by atoms with Crippen LogP contribution in [-0.4, -0.2) is 31.3 Å². The summed E-state index contributed by atoms with van der Waals surface area (Å²) < 4.78 is 0. The Morgan fingerprint density at radius 2 is 1.92 bits per heavy atom. The number of phenols is 3. The van der Waals surface area contributed by atoms with Gasteiger partial charge in [-0.3, -0.25) is 9.59 Å². The van der Waals surface area contributed by atoms with Crippen LogP contribution in [0.4, 0.5) is 0 Å². The normalized spacial score (nSPS) is 14.2. The lowest BCUT2D eigenvalue weighted by molar-refractivity contribution is 0.0965. The highest BCUT2D eigenvalue weighted by Crippen LogP contribution is 2.38. The molecule has 1 heterocycles. The van der Waals surface area contributed by atoms with Gasteiger partial charge in [0.05, 0.1) is 16.7 Å². The number of H-pyrrole nitrogens is 1. The van der Waals surface area contributed by atoms with E-state index in [0.717, 1.165) is 12.3 Å². The maximum absolute atomic E-state index is 12.4. The van der Waals surface area contributed by atoms with Gasteiger partial charge in [0.25, 0.3) is 5.91 Å². The van der Waals surface area contributed by atoms with Gasteiger partial charge in [-0.05, 0) is 12.5 Å². The van der Waals surface area contributed by atoms with Crippen LogP contribution in [0.5, 0.6) is 17.2 Å². The van der Waals surface area contributed by atoms with Crippen molar-refractivity contribution >= 4 is 16.8 Å². The van der Waals surface area contributed by atoms with Crippen LogP contribution in [0, 0.1) is 0 Å². The summed E-state index contributed by atoms with van der Waals surface area (Å²) in [5.41, 5.74) is -0.666. The van der Waals surface area contributed by atoms with Crippen molar-refractivity contribution in [3.8, 4) is 17.2 Å². The van der Waals surface area contributed by atoms with Crippen LogP contribution in [0.15, 0.2) is 40.7 Å². The van der Waals surface area contributed by atoms with Crippen molar-refractivity contribution in [1.29, 1.82) is 0 Å². The number of aliphatic hydroxyl groups is 1. The fourth-order valence-electron chi connectivity index (χ4n) is 2.48. The van der Waals surface area contributed by atoms with Crippen molar-refractivity contribution in [3.05, 3.63) is 51.7 Å². The molecule has 0 saturated carbocycles. The monoisotopic (exact) mass is 330 g/mol. The van der Waals surface area contributed by atoms with E-state index < -0.39 is 28.6 Å². The Labute approximate surface area is 135 Å². The Balaban J connectivity index is 2.04. The molecule has 1 aliphatic carbocycles. The molecule has 0 unspecified atom stereocenters. The topological polar surface area (TPSA) is 143 Å². The van der Waals surface area contributed by atoms with Crippen LogP contribution in [0.2, 0.25) is 0 Å². The van der Waals surface area contributed by atoms with E-state index >= 15 is 0 Å². The predicted octanol–water partition coefficient (Wildman–Crippen LogP) is 1.49. The summed E-state index contributed by atoms with van der Waals surface area (Å²) in [6, 6.07) is 1.07. The standard InChI is InChI=1S/C16H14N2O6/c19-8-3-1-2-7(4-8)18-16(24)9-6-17-10-5-11(20)14(22)15(23)12(10)13(9)21/h2,4-6,19-20,22-23H,1,3H2,(H,17,21)(H,18,24). The number of hydrogen-bond acceptors (Lipinski definition) is 6. The van der Waals surface area contributed by atoms with Gasteiger partial charge in [0.2, 0.25) is 11.2 Å². The molecule has 2 aromatic rings. The van der Waals surface area contributed by atoms with Gasteiger partial charge >= 0.3 is 0 Å². The lowest BCUT2D eigenvalue weighted by Gasteiger charge is -2.11. The molecule has 8 heteroatoms. The fourth-order valence-corrected chi connectivity index (χ4v) is 2.48. The number of phenolic OH excluding ortho intramolecular Hbond substituents is 3. The van der Waals surface area contributed by atoms with Crippen molar-refractivity contribution in [1.82, 2.24) is 10.3 Å². The molecule has 6 N–H and O–H groups in total. The van der Waals surface area contributed by atoms with Gasteiger partial charge in [-0.25, -0.2) is 0 Å². The van der Waals surface area contributed by atoms with Crippen LogP contribution < -0.4 is 10.7 Å². The number of amides is 1. The second kappa shape index (κ2) is 5.65. The van der Waals surface area contributed by atoms with Gasteiger partial charge in [0.1, 0.15) is 5.56 Å². The third-order valence-electron chi connectivity index (χ3n) is 3.69. The molecule has 1 amide bonds. The van der Waals surface area contributed by atoms with E-state index in [0.29, 0.717) is 18.5 Å². The molecule has 0 saturated heterocycles. The van der Waals surface area contributed by atoms with Gasteiger partial charge in [0, 0.05) is 24.4 Å². The van der Waals surface area contributed by atoms with Crippen LogP contribution in [0.25, 0.3) is 10.9 Å². The molecule has 0 atom stereocenters. The van der Waals surface area contributed by atoms with Gasteiger partial charge in [-0.2, -0.15) is 0 Å². The first-order valence-electron chi connectivity index (χ1n) is 7.09. The van der Waals surface area contributed by atoms with Gasteiger partial charge in [-0.1, -0.05) is 6.08 Å². The SMILES string of the molecule is O=C(NC1=CCCC(O)=C1)c1c[nH]c2cc(O)c(O)c(O)c2c1=O. The predicted molar refractivity (Wildman–Crippen MR) is 85.1 cm³/mol. The van der Waals surface area contributed by atoms with Crippen molar-refractivity contribution < 1.29 is 25.2 Å². The summed E-state index contributed by atoms with van der Waals surface area (Å²) in [4.78, 5) is 27.3. The Kier molecular flexibility index (Phi) is 3.64. The number of nitrogens with one attached hydrogen (secondary N) is 2. The van der Waals surface area contributed by atoms with E-state index in [2.05, 4.69) is 10.3 Å². The van der Waals surface area contributed by atoms with Gasteiger partial charge in [-0.15, -0.1) is 0 Å². The highest BCUT2D eigenvalue weighted by atomic mass is 16.3. The van der Waals surface area contributed by atoms with E-state index in [1.165, 1.54) is 6.08 Å². The number of aromatic amines is 1. The number of aromatic nitrogens is 1. The Hall–Kier alpha value is -3.42. The zero-order valence-electron chi connectivity index (χ0n) is 12.3. The number of carbonyl (C=O) groups excluding carboxylic acids is 1. The van der Waals surface area contributed by atoms with Crippen LogP contribution in [0.1, 0.15) is 23.2 Å². The molecule has 0 radical (unpaired) electrons. The molecule has 1 aromatic heterocycles. The third-order valence-corrected chi connectivity index (χ3v) is 3.69. The van der Waals surface area contributed by atoms with E-state index in [-0.39, 0.29) is 22.2 Å². The second-order valence-corrected chi connectivity index (χ2v) is 5.33. The fraction of sp³-hybridized carbons (Fsp3) is 0.125. The maximum Gasteiger partial charge on any atom is 0.261 e. The van der Waals surface area contributed by atoms with E-state index in [1.54, 1.807) is 6.08 Å². The zero-order valence-corrected chi connectivity index (χ0v) is 12.3. The van der Waals surface area contributed by atoms with Crippen molar-refractivity contribution in [2.45, 2.75) is 12.8 Å². The minimum absolute atomic E-state index is 0.0683. The first-order valence-corrected chi connectivity index (χ1v) is 7.09. The summed E-state index contributed by atoms with van der Waals surface area (Å²) in [5, 5.41) is 40.5. The van der Waals surface area contributed by atoms with Gasteiger partial charge in [0.15, 0.2) is 11.5 Å². The summed E-state index contributed by atoms with van der Waals surface area (Å²) in [7, 11) is 0. The molecule has 0 aliphatic heterocycles. The smallest absolute Gasteiger partial charge is 0.261 e. The number of pyridine rings is 1.